The molecule has 0 saturated carbocycles. The van der Waals surface area contributed by atoms with Crippen molar-refractivity contribution in [3.63, 3.8) is 0 Å². The van der Waals surface area contributed by atoms with E-state index in [1.165, 1.54) is 41.7 Å². The van der Waals surface area contributed by atoms with E-state index in [1.54, 1.807) is 6.07 Å². The van der Waals surface area contributed by atoms with Crippen molar-refractivity contribution in [3.05, 3.63) is 75.9 Å². The van der Waals surface area contributed by atoms with Crippen molar-refractivity contribution in [1.29, 1.82) is 0 Å². The van der Waals surface area contributed by atoms with E-state index in [0.717, 1.165) is 5.00 Å². The van der Waals surface area contributed by atoms with Gasteiger partial charge in [0.2, 0.25) is 0 Å². The van der Waals surface area contributed by atoms with Crippen molar-refractivity contribution in [2.75, 3.05) is 31.2 Å². The van der Waals surface area contributed by atoms with Gasteiger partial charge >= 0.3 is 12.4 Å². The highest BCUT2D eigenvalue weighted by atomic mass is 32.1. The third-order valence-electron chi connectivity index (χ3n) is 5.14. The van der Waals surface area contributed by atoms with Crippen molar-refractivity contribution >= 4 is 16.3 Å². The molecule has 1 aliphatic rings. The molecule has 0 bridgehead atoms. The number of anilines is 1. The Hall–Kier alpha value is -2.85. The number of nitrogens with zero attached hydrogens (tertiary/aromatic N) is 1. The lowest BCUT2D eigenvalue weighted by Crippen LogP contribution is -2.36. The van der Waals surface area contributed by atoms with Gasteiger partial charge in [0, 0.05) is 30.1 Å². The molecular formula is C23H17F6NO2S. The molecule has 2 heterocycles. The summed E-state index contributed by atoms with van der Waals surface area (Å²) in [6, 6.07) is 10.5. The third-order valence-corrected chi connectivity index (χ3v) is 6.30. The summed E-state index contributed by atoms with van der Waals surface area (Å²) in [5.74, 6) is 0. The smallest absolute Gasteiger partial charge is 0.378 e. The Kier molecular flexibility index (Phi) is 6.24. The lowest BCUT2D eigenvalue weighted by Gasteiger charge is -2.28. The molecule has 0 radical (unpaired) electrons. The number of morpholine rings is 1. The van der Waals surface area contributed by atoms with Crippen LogP contribution in [0.25, 0.3) is 21.6 Å². The lowest BCUT2D eigenvalue weighted by molar-refractivity contribution is -0.143. The Morgan fingerprint density at radius 1 is 0.758 bits per heavy atom. The van der Waals surface area contributed by atoms with Gasteiger partial charge in [0.25, 0.3) is 0 Å². The van der Waals surface area contributed by atoms with Crippen molar-refractivity contribution in [2.24, 2.45) is 0 Å². The van der Waals surface area contributed by atoms with Gasteiger partial charge in [-0.05, 0) is 41.0 Å². The molecule has 0 spiro atoms. The SMILES string of the molecule is O=c1cc(-c2cccc(-c3cc(C(F)(F)F)cc(C(F)(F)F)c3)c2)sc(N2CCOCC2)c1. The minimum Gasteiger partial charge on any atom is -0.378 e. The minimum atomic E-state index is -4.93. The minimum absolute atomic E-state index is 0.102. The predicted molar refractivity (Wildman–Crippen MR) is 114 cm³/mol. The molecule has 0 atom stereocenters. The summed E-state index contributed by atoms with van der Waals surface area (Å²) < 4.78 is 84.8. The van der Waals surface area contributed by atoms with Gasteiger partial charge in [-0.25, -0.2) is 0 Å². The molecular weight excluding hydrogens is 468 g/mol. The van der Waals surface area contributed by atoms with E-state index in [1.807, 2.05) is 4.90 Å². The number of hydrogen-bond acceptors (Lipinski definition) is 4. The summed E-state index contributed by atoms with van der Waals surface area (Å²) in [7, 11) is 0. The Morgan fingerprint density at radius 2 is 1.36 bits per heavy atom. The Bertz CT molecular complexity index is 1180. The van der Waals surface area contributed by atoms with Gasteiger partial charge in [0.05, 0.1) is 29.3 Å². The second-order valence-electron chi connectivity index (χ2n) is 7.47. The van der Waals surface area contributed by atoms with Gasteiger partial charge in [-0.15, -0.1) is 11.3 Å². The molecule has 0 aliphatic carbocycles. The summed E-state index contributed by atoms with van der Waals surface area (Å²) >= 11 is 1.33. The highest BCUT2D eigenvalue weighted by Gasteiger charge is 2.37. The van der Waals surface area contributed by atoms with Crippen LogP contribution in [0.3, 0.4) is 0 Å². The van der Waals surface area contributed by atoms with Crippen LogP contribution in [0.5, 0.6) is 0 Å². The van der Waals surface area contributed by atoms with Gasteiger partial charge < -0.3 is 9.64 Å². The Morgan fingerprint density at radius 3 is 1.97 bits per heavy atom. The molecule has 10 heteroatoms. The topological polar surface area (TPSA) is 29.5 Å². The first-order valence-corrected chi connectivity index (χ1v) is 10.7. The lowest BCUT2D eigenvalue weighted by atomic mass is 9.97. The first-order valence-electron chi connectivity index (χ1n) is 9.89. The molecule has 3 nitrogen and oxygen atoms in total. The van der Waals surface area contributed by atoms with Crippen molar-refractivity contribution in [2.45, 2.75) is 12.4 Å². The normalized spacial score (nSPS) is 15.0. The van der Waals surface area contributed by atoms with E-state index in [2.05, 4.69) is 0 Å². The van der Waals surface area contributed by atoms with Crippen LogP contribution in [0.4, 0.5) is 31.3 Å². The molecule has 4 rings (SSSR count). The molecule has 3 aromatic rings. The molecule has 1 saturated heterocycles. The van der Waals surface area contributed by atoms with E-state index in [-0.39, 0.29) is 22.6 Å². The molecule has 0 unspecified atom stereocenters. The number of benzene rings is 2. The molecule has 0 N–H and O–H groups in total. The number of halogens is 6. The largest absolute Gasteiger partial charge is 0.416 e. The van der Waals surface area contributed by atoms with Crippen LogP contribution < -0.4 is 10.3 Å². The van der Waals surface area contributed by atoms with Crippen LogP contribution in [0.1, 0.15) is 11.1 Å². The van der Waals surface area contributed by atoms with E-state index >= 15 is 0 Å². The van der Waals surface area contributed by atoms with E-state index < -0.39 is 23.5 Å². The fraction of sp³-hybridized carbons (Fsp3) is 0.261. The average molecular weight is 485 g/mol. The van der Waals surface area contributed by atoms with Crippen molar-refractivity contribution < 1.29 is 31.1 Å². The highest BCUT2D eigenvalue weighted by Crippen LogP contribution is 2.39. The summed E-state index contributed by atoms with van der Waals surface area (Å²) in [6.07, 6.45) is -9.86. The zero-order valence-corrected chi connectivity index (χ0v) is 17.8. The predicted octanol–water partition coefficient (Wildman–Crippen LogP) is 6.32. The first kappa shape index (κ1) is 23.3. The van der Waals surface area contributed by atoms with Gasteiger partial charge in [0.15, 0.2) is 5.43 Å². The summed E-state index contributed by atoms with van der Waals surface area (Å²) in [4.78, 5) is 14.9. The van der Waals surface area contributed by atoms with Crippen LogP contribution in [-0.4, -0.2) is 26.3 Å². The number of rotatable bonds is 3. The quantitative estimate of drug-likeness (QED) is 0.407. The van der Waals surface area contributed by atoms with Gasteiger partial charge in [-0.1, -0.05) is 18.2 Å². The first-order chi connectivity index (χ1) is 15.5. The van der Waals surface area contributed by atoms with Crippen molar-refractivity contribution in [3.8, 4) is 21.6 Å². The average Bonchev–Trinajstić information content (AvgIpc) is 2.78. The molecule has 0 amide bonds. The highest BCUT2D eigenvalue weighted by molar-refractivity contribution is 7.19. The maximum absolute atomic E-state index is 13.2. The van der Waals surface area contributed by atoms with E-state index in [0.29, 0.717) is 48.9 Å². The zero-order chi connectivity index (χ0) is 23.8. The van der Waals surface area contributed by atoms with Gasteiger partial charge in [-0.2, -0.15) is 26.3 Å². The second-order valence-corrected chi connectivity index (χ2v) is 8.53. The maximum atomic E-state index is 13.2. The van der Waals surface area contributed by atoms with E-state index in [4.69, 9.17) is 4.74 Å². The number of alkyl halides is 6. The Labute approximate surface area is 188 Å². The molecule has 1 aliphatic heterocycles. The van der Waals surface area contributed by atoms with Crippen LogP contribution in [-0.2, 0) is 17.1 Å². The standard InChI is InChI=1S/C23H17F6NO2S/c24-22(25,26)17-9-16(10-18(11-17)23(27,28)29)14-2-1-3-15(8-14)20-12-19(31)13-21(33-20)30-4-6-32-7-5-30/h1-3,8-13H,4-7H2. The molecule has 2 aromatic carbocycles. The van der Waals surface area contributed by atoms with Gasteiger partial charge in [0.1, 0.15) is 0 Å². The Balaban J connectivity index is 1.78. The molecule has 174 valence electrons. The van der Waals surface area contributed by atoms with Crippen LogP contribution in [0.15, 0.2) is 59.4 Å². The third kappa shape index (κ3) is 5.39. The van der Waals surface area contributed by atoms with Crippen LogP contribution in [0, 0.1) is 0 Å². The maximum Gasteiger partial charge on any atom is 0.416 e. The molecule has 1 aromatic heterocycles. The summed E-state index contributed by atoms with van der Waals surface area (Å²) in [5.41, 5.74) is -2.51. The fourth-order valence-electron chi connectivity index (χ4n) is 3.52. The number of ether oxygens (including phenoxy) is 1. The van der Waals surface area contributed by atoms with Crippen molar-refractivity contribution in [1.82, 2.24) is 0 Å². The second kappa shape index (κ2) is 8.83. The zero-order valence-electron chi connectivity index (χ0n) is 17.0. The van der Waals surface area contributed by atoms with Gasteiger partial charge in [-0.3, -0.25) is 4.79 Å². The fourth-order valence-corrected chi connectivity index (χ4v) is 4.65. The monoisotopic (exact) mass is 485 g/mol. The summed E-state index contributed by atoms with van der Waals surface area (Å²) in [5, 5.41) is 0.727. The summed E-state index contributed by atoms with van der Waals surface area (Å²) in [6.45, 7) is 2.28. The van der Waals surface area contributed by atoms with E-state index in [9.17, 15) is 31.1 Å². The van der Waals surface area contributed by atoms with Crippen LogP contribution >= 0.6 is 11.3 Å². The van der Waals surface area contributed by atoms with Crippen LogP contribution in [0.2, 0.25) is 0 Å². The molecule has 1 fully saturated rings. The number of hydrogen-bond donors (Lipinski definition) is 0. The molecule has 33 heavy (non-hydrogen) atoms.